The van der Waals surface area contributed by atoms with E-state index >= 15 is 0 Å². The predicted octanol–water partition coefficient (Wildman–Crippen LogP) is 0.133. The Morgan fingerprint density at radius 2 is 1.88 bits per heavy atom. The smallest absolute Gasteiger partial charge is 0.326 e. The van der Waals surface area contributed by atoms with Crippen molar-refractivity contribution in [3.63, 3.8) is 0 Å². The molecule has 0 saturated heterocycles. The Labute approximate surface area is 141 Å². The summed E-state index contributed by atoms with van der Waals surface area (Å²) in [7, 11) is -0.701. The highest BCUT2D eigenvalue weighted by Crippen LogP contribution is 2.11. The molecular formula is C15H22N2O6S. The van der Waals surface area contributed by atoms with Crippen LogP contribution in [0.2, 0.25) is 0 Å². The lowest BCUT2D eigenvalue weighted by Gasteiger charge is -2.14. The van der Waals surface area contributed by atoms with E-state index in [1.54, 1.807) is 12.1 Å². The number of carboxylic acids is 1. The number of carboxylic acid groups (broad SMARTS) is 1. The minimum atomic E-state index is -3.49. The number of hydrogen-bond acceptors (Lipinski definition) is 5. The van der Waals surface area contributed by atoms with Crippen LogP contribution in [0.4, 0.5) is 0 Å². The van der Waals surface area contributed by atoms with E-state index in [1.165, 1.54) is 26.3 Å². The third-order valence-corrected chi connectivity index (χ3v) is 4.82. The Kier molecular flexibility index (Phi) is 7.83. The summed E-state index contributed by atoms with van der Waals surface area (Å²) in [4.78, 5) is 23.0. The lowest BCUT2D eigenvalue weighted by Crippen LogP contribution is -2.41. The fraction of sp³-hybridized carbons (Fsp3) is 0.467. The molecular weight excluding hydrogens is 336 g/mol. The van der Waals surface area contributed by atoms with Gasteiger partial charge in [0, 0.05) is 26.6 Å². The minimum Gasteiger partial charge on any atom is -0.480 e. The second kappa shape index (κ2) is 9.36. The summed E-state index contributed by atoms with van der Waals surface area (Å²) in [5, 5.41) is 11.5. The van der Waals surface area contributed by atoms with Crippen molar-refractivity contribution in [2.75, 3.05) is 20.8 Å². The summed E-state index contributed by atoms with van der Waals surface area (Å²) < 4.78 is 30.2. The van der Waals surface area contributed by atoms with Gasteiger partial charge >= 0.3 is 5.97 Å². The van der Waals surface area contributed by atoms with E-state index in [4.69, 9.17) is 9.84 Å². The normalized spacial score (nSPS) is 12.6. The number of sulfonamides is 1. The zero-order chi connectivity index (χ0) is 18.2. The van der Waals surface area contributed by atoms with Gasteiger partial charge in [0.05, 0.1) is 4.90 Å². The number of hydrogen-bond donors (Lipinski definition) is 3. The van der Waals surface area contributed by atoms with Gasteiger partial charge in [0.15, 0.2) is 0 Å². The van der Waals surface area contributed by atoms with Crippen molar-refractivity contribution in [3.8, 4) is 0 Å². The highest BCUT2D eigenvalue weighted by Gasteiger charge is 2.19. The molecule has 1 rings (SSSR count). The summed E-state index contributed by atoms with van der Waals surface area (Å²) in [5.41, 5.74) is 0.781. The third-order valence-electron chi connectivity index (χ3n) is 3.39. The topological polar surface area (TPSA) is 122 Å². The van der Waals surface area contributed by atoms with E-state index in [1.807, 2.05) is 0 Å². The fourth-order valence-corrected chi connectivity index (χ4v) is 2.70. The molecule has 0 aromatic heterocycles. The molecule has 9 heteroatoms. The Morgan fingerprint density at radius 1 is 1.25 bits per heavy atom. The molecule has 1 atom stereocenters. The first-order chi connectivity index (χ1) is 11.3. The molecule has 0 aliphatic rings. The van der Waals surface area contributed by atoms with Crippen molar-refractivity contribution in [1.29, 1.82) is 0 Å². The van der Waals surface area contributed by atoms with Gasteiger partial charge in [-0.2, -0.15) is 0 Å². The molecule has 0 radical (unpaired) electrons. The molecule has 3 N–H and O–H groups in total. The van der Waals surface area contributed by atoms with Crippen LogP contribution in [0.5, 0.6) is 0 Å². The number of aliphatic carboxylic acids is 1. The number of ether oxygens (including phenoxy) is 1. The van der Waals surface area contributed by atoms with Gasteiger partial charge in [0.25, 0.3) is 0 Å². The Hall–Kier alpha value is -1.97. The molecule has 1 aromatic carbocycles. The minimum absolute atomic E-state index is 0.106. The van der Waals surface area contributed by atoms with Crippen molar-refractivity contribution >= 4 is 21.9 Å². The summed E-state index contributed by atoms with van der Waals surface area (Å²) in [6.07, 6.45) is 0.672. The van der Waals surface area contributed by atoms with Crippen molar-refractivity contribution in [1.82, 2.24) is 10.0 Å². The standard InChI is InChI=1S/C15H22N2O6S/c1-16-24(21,22)12-6-3-11(4-7-12)5-8-14(18)17-13(15(19)20)9-10-23-2/h3-4,6-7,13,16H,5,8-10H2,1-2H3,(H,17,18)(H,19,20). The van der Waals surface area contributed by atoms with E-state index in [2.05, 4.69) is 10.0 Å². The summed E-state index contributed by atoms with van der Waals surface area (Å²) in [5.74, 6) is -1.49. The summed E-state index contributed by atoms with van der Waals surface area (Å²) >= 11 is 0. The Balaban J connectivity index is 2.56. The Bertz CT molecular complexity index is 657. The average Bonchev–Trinajstić information content (AvgIpc) is 2.56. The summed E-state index contributed by atoms with van der Waals surface area (Å²) in [6.45, 7) is 0.235. The molecule has 0 bridgehead atoms. The second-order valence-electron chi connectivity index (χ2n) is 5.09. The van der Waals surface area contributed by atoms with Crippen molar-refractivity contribution in [3.05, 3.63) is 29.8 Å². The molecule has 0 fully saturated rings. The van der Waals surface area contributed by atoms with Gasteiger partial charge in [-0.25, -0.2) is 17.9 Å². The Morgan fingerprint density at radius 3 is 2.38 bits per heavy atom. The first kappa shape index (κ1) is 20.1. The highest BCUT2D eigenvalue weighted by atomic mass is 32.2. The van der Waals surface area contributed by atoms with Gasteiger partial charge in [-0.3, -0.25) is 4.79 Å². The molecule has 0 spiro atoms. The maximum Gasteiger partial charge on any atom is 0.326 e. The van der Waals surface area contributed by atoms with Crippen LogP contribution in [-0.2, 0) is 30.8 Å². The van der Waals surface area contributed by atoms with Crippen LogP contribution >= 0.6 is 0 Å². The number of nitrogens with one attached hydrogen (secondary N) is 2. The molecule has 134 valence electrons. The molecule has 0 saturated carbocycles. The van der Waals surface area contributed by atoms with E-state index in [0.29, 0.717) is 6.42 Å². The van der Waals surface area contributed by atoms with E-state index in [-0.39, 0.29) is 30.3 Å². The molecule has 24 heavy (non-hydrogen) atoms. The van der Waals surface area contributed by atoms with E-state index in [0.717, 1.165) is 5.56 Å². The van der Waals surface area contributed by atoms with Crippen LogP contribution < -0.4 is 10.0 Å². The van der Waals surface area contributed by atoms with Crippen LogP contribution in [-0.4, -0.2) is 52.2 Å². The molecule has 8 nitrogen and oxygen atoms in total. The van der Waals surface area contributed by atoms with Gasteiger partial charge in [0.1, 0.15) is 6.04 Å². The molecule has 1 amide bonds. The number of rotatable bonds is 10. The zero-order valence-corrected chi connectivity index (χ0v) is 14.4. The average molecular weight is 358 g/mol. The number of carbonyl (C=O) groups is 2. The van der Waals surface area contributed by atoms with Crippen LogP contribution in [0.25, 0.3) is 0 Å². The molecule has 1 unspecified atom stereocenters. The van der Waals surface area contributed by atoms with Crippen molar-refractivity contribution < 1.29 is 27.9 Å². The molecule has 1 aromatic rings. The van der Waals surface area contributed by atoms with Gasteiger partial charge in [-0.15, -0.1) is 0 Å². The predicted molar refractivity (Wildman–Crippen MR) is 87.1 cm³/mol. The van der Waals surface area contributed by atoms with Crippen LogP contribution in [0, 0.1) is 0 Å². The second-order valence-corrected chi connectivity index (χ2v) is 6.98. The molecule has 0 heterocycles. The number of aryl methyl sites for hydroxylation is 1. The lowest BCUT2D eigenvalue weighted by atomic mass is 10.1. The number of benzene rings is 1. The van der Waals surface area contributed by atoms with Crippen molar-refractivity contribution in [2.45, 2.75) is 30.2 Å². The maximum atomic E-state index is 11.8. The van der Waals surface area contributed by atoms with E-state index in [9.17, 15) is 18.0 Å². The third kappa shape index (κ3) is 6.26. The lowest BCUT2D eigenvalue weighted by molar-refractivity contribution is -0.142. The fourth-order valence-electron chi connectivity index (χ4n) is 1.97. The maximum absolute atomic E-state index is 11.8. The van der Waals surface area contributed by atoms with Gasteiger partial charge in [-0.1, -0.05) is 12.1 Å². The summed E-state index contributed by atoms with van der Waals surface area (Å²) in [6, 6.07) is 5.17. The number of methoxy groups -OCH3 is 1. The molecule has 0 aliphatic heterocycles. The molecule has 0 aliphatic carbocycles. The first-order valence-corrected chi connectivity index (χ1v) is 8.82. The van der Waals surface area contributed by atoms with Gasteiger partial charge < -0.3 is 15.2 Å². The number of amides is 1. The first-order valence-electron chi connectivity index (χ1n) is 7.33. The van der Waals surface area contributed by atoms with Gasteiger partial charge in [0.2, 0.25) is 15.9 Å². The van der Waals surface area contributed by atoms with Crippen LogP contribution in [0.3, 0.4) is 0 Å². The highest BCUT2D eigenvalue weighted by molar-refractivity contribution is 7.89. The largest absolute Gasteiger partial charge is 0.480 e. The quantitative estimate of drug-likeness (QED) is 0.547. The monoisotopic (exact) mass is 358 g/mol. The van der Waals surface area contributed by atoms with Crippen LogP contribution in [0.1, 0.15) is 18.4 Å². The number of carbonyl (C=O) groups excluding carboxylic acids is 1. The van der Waals surface area contributed by atoms with Gasteiger partial charge in [-0.05, 0) is 31.2 Å². The SMILES string of the molecule is CNS(=O)(=O)c1ccc(CCC(=O)NC(CCOC)C(=O)O)cc1. The zero-order valence-electron chi connectivity index (χ0n) is 13.6. The van der Waals surface area contributed by atoms with Crippen LogP contribution in [0.15, 0.2) is 29.2 Å². The van der Waals surface area contributed by atoms with E-state index < -0.39 is 22.0 Å². The van der Waals surface area contributed by atoms with Crippen molar-refractivity contribution in [2.24, 2.45) is 0 Å².